The van der Waals surface area contributed by atoms with E-state index in [0.717, 1.165) is 44.9 Å². The third kappa shape index (κ3) is 3.52. The topological polar surface area (TPSA) is 86.7 Å². The van der Waals surface area contributed by atoms with Gasteiger partial charge >= 0.3 is 23.9 Å². The highest BCUT2D eigenvalue weighted by Crippen LogP contribution is 2.39. The van der Waals surface area contributed by atoms with E-state index in [4.69, 9.17) is 0 Å². The molecule has 4 aliphatic rings. The molecule has 6 heteroatoms. The van der Waals surface area contributed by atoms with Crippen molar-refractivity contribution in [2.45, 2.75) is 59.3 Å². The molecule has 2 saturated carbocycles. The monoisotopic (exact) mass is 338 g/mol. The molecule has 2 saturated heterocycles. The number of esters is 4. The van der Waals surface area contributed by atoms with Crippen LogP contribution in [-0.4, -0.2) is 23.9 Å². The number of cyclic esters (lactones) is 4. The fourth-order valence-electron chi connectivity index (χ4n) is 4.12. The quantitative estimate of drug-likeness (QED) is 0.498. The van der Waals surface area contributed by atoms with E-state index in [1.54, 1.807) is 0 Å². The first-order valence-corrected chi connectivity index (χ1v) is 8.48. The highest BCUT2D eigenvalue weighted by Gasteiger charge is 2.46. The molecule has 5 unspecified atom stereocenters. The van der Waals surface area contributed by atoms with E-state index in [1.165, 1.54) is 0 Å². The van der Waals surface area contributed by atoms with Crippen LogP contribution in [0, 0.1) is 29.6 Å². The van der Waals surface area contributed by atoms with Crippen LogP contribution in [0.4, 0.5) is 0 Å². The first-order valence-electron chi connectivity index (χ1n) is 8.48. The van der Waals surface area contributed by atoms with Crippen LogP contribution in [0.5, 0.6) is 0 Å². The summed E-state index contributed by atoms with van der Waals surface area (Å²) in [7, 11) is 0. The van der Waals surface area contributed by atoms with Gasteiger partial charge in [-0.2, -0.15) is 0 Å². The zero-order valence-electron chi connectivity index (χ0n) is 13.3. The summed E-state index contributed by atoms with van der Waals surface area (Å²) in [6, 6.07) is 0. The molecule has 0 aromatic rings. The number of carbonyl (C=O) groups is 4. The van der Waals surface area contributed by atoms with Gasteiger partial charge in [0.05, 0.1) is 23.7 Å². The van der Waals surface area contributed by atoms with E-state index in [1.807, 2.05) is 0 Å². The van der Waals surface area contributed by atoms with Gasteiger partial charge in [0.25, 0.3) is 0 Å². The van der Waals surface area contributed by atoms with E-state index in [-0.39, 0.29) is 55.0 Å². The number of carbonyl (C=O) groups excluding carboxylic acids is 4. The summed E-state index contributed by atoms with van der Waals surface area (Å²) in [5.41, 5.74) is 0. The molecule has 0 aromatic heterocycles. The van der Waals surface area contributed by atoms with Crippen molar-refractivity contribution >= 4 is 23.9 Å². The molecule has 134 valence electrons. The molecule has 24 heavy (non-hydrogen) atoms. The first-order chi connectivity index (χ1) is 11.0. The summed E-state index contributed by atoms with van der Waals surface area (Å²) in [5.74, 6) is -1.06. The number of fused-ring (bicyclic) bond motifs is 2. The van der Waals surface area contributed by atoms with Crippen LogP contribution in [0.3, 0.4) is 0 Å². The average molecular weight is 338 g/mol. The molecular formula is C18H26O6. The zero-order valence-corrected chi connectivity index (χ0v) is 13.3. The summed E-state index contributed by atoms with van der Waals surface area (Å²) in [5, 5.41) is 0. The van der Waals surface area contributed by atoms with E-state index < -0.39 is 0 Å². The molecule has 0 bridgehead atoms. The Morgan fingerprint density at radius 3 is 1.58 bits per heavy atom. The molecule has 0 amide bonds. The van der Waals surface area contributed by atoms with Crippen LogP contribution in [0.15, 0.2) is 0 Å². The fourth-order valence-corrected chi connectivity index (χ4v) is 4.12. The van der Waals surface area contributed by atoms with Crippen LogP contribution in [-0.2, 0) is 28.7 Å². The highest BCUT2D eigenvalue weighted by atomic mass is 16.6. The summed E-state index contributed by atoms with van der Waals surface area (Å²) in [6.07, 6.45) is 6.51. The second kappa shape index (κ2) is 7.45. The zero-order chi connectivity index (χ0) is 16.6. The first kappa shape index (κ1) is 18.6. The molecule has 0 N–H and O–H groups in total. The Balaban J connectivity index is 0.000000167. The Morgan fingerprint density at radius 2 is 1.08 bits per heavy atom. The summed E-state index contributed by atoms with van der Waals surface area (Å²) < 4.78 is 9.11. The molecule has 0 radical (unpaired) electrons. The lowest BCUT2D eigenvalue weighted by Gasteiger charge is -2.24. The second-order valence-electron chi connectivity index (χ2n) is 7.11. The highest BCUT2D eigenvalue weighted by molar-refractivity contribution is 5.97. The predicted molar refractivity (Wildman–Crippen MR) is 84.4 cm³/mol. The van der Waals surface area contributed by atoms with Crippen molar-refractivity contribution in [3.63, 3.8) is 0 Å². The second-order valence-corrected chi connectivity index (χ2v) is 7.11. The lowest BCUT2D eigenvalue weighted by atomic mass is 9.76. The van der Waals surface area contributed by atoms with Gasteiger partial charge in [-0.05, 0) is 38.0 Å². The van der Waals surface area contributed by atoms with Crippen molar-refractivity contribution in [3.8, 4) is 0 Å². The Bertz CT molecular complexity index is 518. The van der Waals surface area contributed by atoms with Gasteiger partial charge in [-0.1, -0.05) is 27.2 Å². The molecule has 4 fully saturated rings. The summed E-state index contributed by atoms with van der Waals surface area (Å²) in [4.78, 5) is 44.2. The Kier molecular flexibility index (Phi) is 5.78. The van der Waals surface area contributed by atoms with Gasteiger partial charge in [0.2, 0.25) is 0 Å². The van der Waals surface area contributed by atoms with E-state index in [2.05, 4.69) is 16.4 Å². The number of hydrogen-bond donors (Lipinski definition) is 0. The van der Waals surface area contributed by atoms with Gasteiger partial charge in [0.15, 0.2) is 0 Å². The molecule has 0 spiro atoms. The molecule has 2 aliphatic heterocycles. The lowest BCUT2D eigenvalue weighted by Crippen LogP contribution is -2.25. The van der Waals surface area contributed by atoms with Crippen molar-refractivity contribution in [2.75, 3.05) is 0 Å². The van der Waals surface area contributed by atoms with Gasteiger partial charge in [-0.15, -0.1) is 0 Å². The summed E-state index contributed by atoms with van der Waals surface area (Å²) >= 11 is 0. The fraction of sp³-hybridized carbons (Fsp3) is 0.778. The van der Waals surface area contributed by atoms with Crippen LogP contribution < -0.4 is 0 Å². The minimum Gasteiger partial charge on any atom is -0.393 e. The van der Waals surface area contributed by atoms with E-state index in [9.17, 15) is 19.2 Å². The number of hydrogen-bond acceptors (Lipinski definition) is 6. The lowest BCUT2D eigenvalue weighted by molar-refractivity contribution is -0.155. The van der Waals surface area contributed by atoms with Gasteiger partial charge in [-0.25, -0.2) is 0 Å². The van der Waals surface area contributed by atoms with Crippen molar-refractivity contribution < 1.29 is 28.7 Å². The smallest absolute Gasteiger partial charge is 0.317 e. The third-order valence-corrected chi connectivity index (χ3v) is 5.49. The van der Waals surface area contributed by atoms with Gasteiger partial charge in [-0.3, -0.25) is 19.2 Å². The average Bonchev–Trinajstić information content (AvgIpc) is 2.97. The van der Waals surface area contributed by atoms with Crippen LogP contribution in [0.25, 0.3) is 0 Å². The van der Waals surface area contributed by atoms with E-state index >= 15 is 0 Å². The van der Waals surface area contributed by atoms with E-state index in [0.29, 0.717) is 5.92 Å². The molecular weight excluding hydrogens is 312 g/mol. The largest absolute Gasteiger partial charge is 0.393 e. The maximum Gasteiger partial charge on any atom is 0.317 e. The SMILES string of the molecule is C.CC1CCC2C(=O)OC(=O)C2C1.O=C1OC(=O)C2CCCCC12. The van der Waals surface area contributed by atoms with Crippen molar-refractivity contribution in [1.29, 1.82) is 0 Å². The van der Waals surface area contributed by atoms with Crippen molar-refractivity contribution in [3.05, 3.63) is 0 Å². The number of rotatable bonds is 0. The molecule has 2 aliphatic carbocycles. The normalized spacial score (nSPS) is 37.3. The Labute approximate surface area is 142 Å². The van der Waals surface area contributed by atoms with Gasteiger partial charge in [0, 0.05) is 0 Å². The molecule has 4 rings (SSSR count). The maximum atomic E-state index is 11.1. The molecule has 5 atom stereocenters. The minimum absolute atomic E-state index is 0. The Hall–Kier alpha value is -1.72. The van der Waals surface area contributed by atoms with Crippen LogP contribution >= 0.6 is 0 Å². The molecule has 6 nitrogen and oxygen atoms in total. The number of ether oxygens (including phenoxy) is 2. The van der Waals surface area contributed by atoms with Gasteiger partial charge < -0.3 is 9.47 Å². The third-order valence-electron chi connectivity index (χ3n) is 5.49. The van der Waals surface area contributed by atoms with Gasteiger partial charge in [0.1, 0.15) is 0 Å². The van der Waals surface area contributed by atoms with Crippen molar-refractivity contribution in [1.82, 2.24) is 0 Å². The Morgan fingerprint density at radius 1 is 0.667 bits per heavy atom. The molecule has 0 aromatic carbocycles. The van der Waals surface area contributed by atoms with Crippen LogP contribution in [0.2, 0.25) is 0 Å². The predicted octanol–water partition coefficient (Wildman–Crippen LogP) is 2.63. The minimum atomic E-state index is -0.295. The maximum absolute atomic E-state index is 11.1. The molecule has 2 heterocycles. The summed E-state index contributed by atoms with van der Waals surface area (Å²) in [6.45, 7) is 2.12. The van der Waals surface area contributed by atoms with Crippen LogP contribution in [0.1, 0.15) is 59.3 Å². The van der Waals surface area contributed by atoms with Crippen molar-refractivity contribution in [2.24, 2.45) is 29.6 Å². The standard InChI is InChI=1S/C9H12O3.C8H10O3.CH4/c1-5-2-3-6-7(4-5)9(11)12-8(6)10;9-7-5-3-1-2-4-6(5)8(10)11-7;/h5-7H,2-4H2,1H3;5-6H,1-4H2;1H4.